The van der Waals surface area contributed by atoms with Crippen LogP contribution in [0.3, 0.4) is 0 Å². The third-order valence-electron chi connectivity index (χ3n) is 6.88. The number of unbranched alkanes of at least 4 members (excludes halogenated alkanes) is 2. The average Bonchev–Trinajstić information content (AvgIpc) is 2.84. The molecular weight excluding hydrogens is 507 g/mol. The number of thioether (sulfide) groups is 1. The lowest BCUT2D eigenvalue weighted by Crippen LogP contribution is -2.22. The first-order valence-electron chi connectivity index (χ1n) is 14.5. The SMILES string of the molecule is CCCCOP(=O)(Cc1ccc(C(CSC(C)(C)C)CC(c2ccccc2)C(C)(C)C)cc1)OCCCC. The fourth-order valence-corrected chi connectivity index (χ4v) is 7.31. The summed E-state index contributed by atoms with van der Waals surface area (Å²) in [6.45, 7) is 19.2. The van der Waals surface area contributed by atoms with Crippen LogP contribution in [-0.4, -0.2) is 23.7 Å². The van der Waals surface area contributed by atoms with Gasteiger partial charge in [0.15, 0.2) is 0 Å². The molecule has 0 aliphatic heterocycles. The Hall–Kier alpha value is -1.06. The molecule has 3 nitrogen and oxygen atoms in total. The molecule has 0 amide bonds. The van der Waals surface area contributed by atoms with Crippen LogP contribution in [0.1, 0.15) is 116 Å². The van der Waals surface area contributed by atoms with Crippen molar-refractivity contribution in [1.29, 1.82) is 0 Å². The highest BCUT2D eigenvalue weighted by Gasteiger charge is 2.31. The summed E-state index contributed by atoms with van der Waals surface area (Å²) in [5.74, 6) is 1.94. The largest absolute Gasteiger partial charge is 0.335 e. The van der Waals surface area contributed by atoms with E-state index in [-0.39, 0.29) is 10.2 Å². The van der Waals surface area contributed by atoms with Crippen molar-refractivity contribution in [2.24, 2.45) is 5.41 Å². The molecule has 2 aromatic rings. The zero-order valence-corrected chi connectivity index (χ0v) is 27.0. The summed E-state index contributed by atoms with van der Waals surface area (Å²) in [4.78, 5) is 0. The first-order valence-corrected chi connectivity index (χ1v) is 17.2. The summed E-state index contributed by atoms with van der Waals surface area (Å²) in [5.41, 5.74) is 3.94. The third kappa shape index (κ3) is 12.0. The second-order valence-electron chi connectivity index (χ2n) is 12.6. The van der Waals surface area contributed by atoms with Crippen LogP contribution >= 0.6 is 19.4 Å². The zero-order valence-electron chi connectivity index (χ0n) is 25.3. The Morgan fingerprint density at radius 3 is 1.82 bits per heavy atom. The van der Waals surface area contributed by atoms with Crippen LogP contribution in [0.25, 0.3) is 0 Å². The van der Waals surface area contributed by atoms with Gasteiger partial charge in [-0.05, 0) is 53.2 Å². The highest BCUT2D eigenvalue weighted by atomic mass is 32.2. The predicted octanol–water partition coefficient (Wildman–Crippen LogP) is 10.8. The molecule has 2 unspecified atom stereocenters. The molecule has 0 bridgehead atoms. The minimum Gasteiger partial charge on any atom is -0.308 e. The number of hydrogen-bond acceptors (Lipinski definition) is 4. The van der Waals surface area contributed by atoms with Gasteiger partial charge in [-0.3, -0.25) is 4.57 Å². The van der Waals surface area contributed by atoms with Gasteiger partial charge in [0.2, 0.25) is 0 Å². The highest BCUT2D eigenvalue weighted by Crippen LogP contribution is 2.52. The molecule has 0 aromatic heterocycles. The molecule has 0 aliphatic carbocycles. The smallest absolute Gasteiger partial charge is 0.308 e. The van der Waals surface area contributed by atoms with Gasteiger partial charge in [-0.2, -0.15) is 11.8 Å². The van der Waals surface area contributed by atoms with Gasteiger partial charge in [-0.15, -0.1) is 0 Å². The molecule has 5 heteroatoms. The molecule has 0 N–H and O–H groups in total. The van der Waals surface area contributed by atoms with Crippen LogP contribution in [0.2, 0.25) is 0 Å². The lowest BCUT2D eigenvalue weighted by Gasteiger charge is -2.35. The van der Waals surface area contributed by atoms with Crippen LogP contribution in [0.4, 0.5) is 0 Å². The Morgan fingerprint density at radius 1 is 0.789 bits per heavy atom. The minimum atomic E-state index is -3.16. The quantitative estimate of drug-likeness (QED) is 0.151. The van der Waals surface area contributed by atoms with E-state index in [1.54, 1.807) is 0 Å². The van der Waals surface area contributed by atoms with Gasteiger partial charge in [0, 0.05) is 10.5 Å². The maximum atomic E-state index is 13.5. The summed E-state index contributed by atoms with van der Waals surface area (Å²) in [7, 11) is -3.16. The summed E-state index contributed by atoms with van der Waals surface area (Å²) in [6, 6.07) is 19.7. The summed E-state index contributed by atoms with van der Waals surface area (Å²) >= 11 is 2.04. The van der Waals surface area contributed by atoms with E-state index in [9.17, 15) is 4.57 Å². The van der Waals surface area contributed by atoms with Crippen molar-refractivity contribution in [3.05, 3.63) is 71.3 Å². The number of hydrogen-bond donors (Lipinski definition) is 0. The topological polar surface area (TPSA) is 35.5 Å². The van der Waals surface area contributed by atoms with Crippen molar-refractivity contribution in [2.75, 3.05) is 19.0 Å². The van der Waals surface area contributed by atoms with Crippen LogP contribution < -0.4 is 0 Å². The molecule has 2 rings (SSSR count). The Morgan fingerprint density at radius 2 is 1.34 bits per heavy atom. The van der Waals surface area contributed by atoms with Crippen LogP contribution in [0.5, 0.6) is 0 Å². The molecule has 38 heavy (non-hydrogen) atoms. The normalized spacial score (nSPS) is 14.4. The Kier molecular flexibility index (Phi) is 13.7. The Labute approximate surface area is 238 Å². The fourth-order valence-electron chi connectivity index (χ4n) is 4.55. The molecule has 0 saturated heterocycles. The first kappa shape index (κ1) is 33.1. The maximum Gasteiger partial charge on any atom is 0.335 e. The average molecular weight is 561 g/mol. The van der Waals surface area contributed by atoms with E-state index in [1.807, 2.05) is 11.8 Å². The van der Waals surface area contributed by atoms with Crippen LogP contribution in [0, 0.1) is 5.41 Å². The Balaban J connectivity index is 2.28. The van der Waals surface area contributed by atoms with Gasteiger partial charge in [0.1, 0.15) is 0 Å². The number of benzene rings is 2. The maximum absolute atomic E-state index is 13.5. The number of rotatable bonds is 16. The lowest BCUT2D eigenvalue weighted by atomic mass is 9.71. The fraction of sp³-hybridized carbons (Fsp3) is 0.636. The first-order chi connectivity index (χ1) is 17.9. The molecule has 0 fully saturated rings. The van der Waals surface area contributed by atoms with E-state index >= 15 is 0 Å². The van der Waals surface area contributed by atoms with Crippen LogP contribution in [0.15, 0.2) is 54.6 Å². The second kappa shape index (κ2) is 15.7. The summed E-state index contributed by atoms with van der Waals surface area (Å²) in [5, 5.41) is 0. The highest BCUT2D eigenvalue weighted by molar-refractivity contribution is 8.00. The van der Waals surface area contributed by atoms with Gasteiger partial charge >= 0.3 is 7.60 Å². The minimum absolute atomic E-state index is 0.157. The zero-order chi connectivity index (χ0) is 28.2. The molecule has 0 radical (unpaired) electrons. The monoisotopic (exact) mass is 560 g/mol. The molecule has 0 aliphatic rings. The molecule has 0 spiro atoms. The van der Waals surface area contributed by atoms with Crippen molar-refractivity contribution < 1.29 is 13.6 Å². The van der Waals surface area contributed by atoms with Gasteiger partial charge < -0.3 is 9.05 Å². The second-order valence-corrected chi connectivity index (χ2v) is 16.5. The summed E-state index contributed by atoms with van der Waals surface area (Å²) < 4.78 is 25.4. The van der Waals surface area contributed by atoms with E-state index in [2.05, 4.69) is 110 Å². The van der Waals surface area contributed by atoms with E-state index < -0.39 is 7.60 Å². The van der Waals surface area contributed by atoms with Crippen molar-refractivity contribution in [3.63, 3.8) is 0 Å². The molecule has 2 atom stereocenters. The van der Waals surface area contributed by atoms with Crippen molar-refractivity contribution in [2.45, 2.75) is 110 Å². The van der Waals surface area contributed by atoms with E-state index in [1.165, 1.54) is 11.1 Å². The van der Waals surface area contributed by atoms with E-state index in [0.29, 0.717) is 31.2 Å². The van der Waals surface area contributed by atoms with Crippen molar-refractivity contribution in [3.8, 4) is 0 Å². The van der Waals surface area contributed by atoms with Crippen LogP contribution in [-0.2, 0) is 19.8 Å². The van der Waals surface area contributed by atoms with Gasteiger partial charge in [-0.1, -0.05) is 123 Å². The third-order valence-corrected chi connectivity index (χ3v) is 10.2. The van der Waals surface area contributed by atoms with Crippen molar-refractivity contribution in [1.82, 2.24) is 0 Å². The van der Waals surface area contributed by atoms with Gasteiger partial charge in [0.05, 0.1) is 19.4 Å². The predicted molar refractivity (Wildman–Crippen MR) is 168 cm³/mol. The lowest BCUT2D eigenvalue weighted by molar-refractivity contribution is 0.199. The summed E-state index contributed by atoms with van der Waals surface area (Å²) in [6.07, 6.45) is 5.23. The van der Waals surface area contributed by atoms with Gasteiger partial charge in [0.25, 0.3) is 0 Å². The van der Waals surface area contributed by atoms with E-state index in [4.69, 9.17) is 9.05 Å². The van der Waals surface area contributed by atoms with Gasteiger partial charge in [-0.25, -0.2) is 0 Å². The van der Waals surface area contributed by atoms with E-state index in [0.717, 1.165) is 43.4 Å². The van der Waals surface area contributed by atoms with Crippen molar-refractivity contribution >= 4 is 19.4 Å². The standard InChI is InChI=1S/C33H53O3PS/c1-9-11-22-35-37(34,36-23-12-10-2)25-27-18-20-28(21-19-27)30(26-38-33(6,7)8)24-31(32(3,4)5)29-16-14-13-15-17-29/h13-21,30-31H,9-12,22-26H2,1-8H3. The molecule has 0 heterocycles. The molecular formula is C33H53O3PS. The molecule has 2 aromatic carbocycles. The Bertz CT molecular complexity index is 946. The molecule has 0 saturated carbocycles. The molecule has 214 valence electrons.